The van der Waals surface area contributed by atoms with Gasteiger partial charge >= 0.3 is 0 Å². The molecule has 2 heterocycles. The summed E-state index contributed by atoms with van der Waals surface area (Å²) in [6.07, 6.45) is 2.23. The van der Waals surface area contributed by atoms with Crippen LogP contribution in [0.25, 0.3) is 0 Å². The van der Waals surface area contributed by atoms with Crippen LogP contribution in [0.3, 0.4) is 0 Å². The maximum absolute atomic E-state index is 6.09. The fraction of sp³-hybridized carbons (Fsp3) is 0.357. The number of para-hydroxylation sites is 1. The lowest BCUT2D eigenvalue weighted by molar-refractivity contribution is 0.134. The van der Waals surface area contributed by atoms with Crippen LogP contribution in [0.5, 0.6) is 5.75 Å². The summed E-state index contributed by atoms with van der Waals surface area (Å²) in [7, 11) is 2.19. The summed E-state index contributed by atoms with van der Waals surface area (Å²) in [5.41, 5.74) is 5.33. The van der Waals surface area contributed by atoms with E-state index in [0.717, 1.165) is 57.9 Å². The van der Waals surface area contributed by atoms with Gasteiger partial charge in [-0.1, -0.05) is 48.5 Å². The molecule has 0 radical (unpaired) electrons. The van der Waals surface area contributed by atoms with Crippen LogP contribution >= 0.6 is 0 Å². The Morgan fingerprint density at radius 3 is 2.31 bits per heavy atom. The van der Waals surface area contributed by atoms with Gasteiger partial charge in [0.25, 0.3) is 0 Å². The van der Waals surface area contributed by atoms with E-state index >= 15 is 0 Å². The topological polar surface area (TPSA) is 19.0 Å². The summed E-state index contributed by atoms with van der Waals surface area (Å²) in [6, 6.07) is 28.7. The number of hydrogen-bond acceptors (Lipinski definition) is 4. The van der Waals surface area contributed by atoms with E-state index in [2.05, 4.69) is 101 Å². The minimum atomic E-state index is 0.343. The number of aryl methyl sites for hydroxylation is 1. The van der Waals surface area contributed by atoms with Gasteiger partial charge in [-0.3, -0.25) is 4.90 Å². The van der Waals surface area contributed by atoms with Gasteiger partial charge in [-0.15, -0.1) is 0 Å². The Bertz CT molecular complexity index is 997. The molecule has 2 aliphatic heterocycles. The second-order valence-corrected chi connectivity index (χ2v) is 8.95. The molecule has 3 aromatic carbocycles. The fourth-order valence-electron chi connectivity index (χ4n) is 4.92. The number of nitrogens with zero attached hydrogens (tertiary/aromatic N) is 3. The second-order valence-electron chi connectivity index (χ2n) is 8.95. The van der Waals surface area contributed by atoms with Crippen molar-refractivity contribution in [2.75, 3.05) is 51.3 Å². The maximum Gasteiger partial charge on any atom is 0.119 e. The van der Waals surface area contributed by atoms with Crippen molar-refractivity contribution in [1.82, 2.24) is 9.80 Å². The van der Waals surface area contributed by atoms with Gasteiger partial charge < -0.3 is 14.5 Å². The maximum atomic E-state index is 6.09. The van der Waals surface area contributed by atoms with Crippen molar-refractivity contribution in [2.24, 2.45) is 0 Å². The van der Waals surface area contributed by atoms with Gasteiger partial charge in [-0.2, -0.15) is 0 Å². The first-order valence-electron chi connectivity index (χ1n) is 11.8. The number of fused-ring (bicyclic) bond motifs is 1. The molecule has 1 saturated heterocycles. The van der Waals surface area contributed by atoms with Crippen molar-refractivity contribution in [3.05, 3.63) is 90.0 Å². The highest BCUT2D eigenvalue weighted by Gasteiger charge is 2.28. The van der Waals surface area contributed by atoms with Crippen LogP contribution < -0.4 is 9.64 Å². The quantitative estimate of drug-likeness (QED) is 0.542. The van der Waals surface area contributed by atoms with Crippen LogP contribution in [0, 0.1) is 0 Å². The molecule has 3 aromatic rings. The Kier molecular flexibility index (Phi) is 6.42. The van der Waals surface area contributed by atoms with Gasteiger partial charge in [-0.25, -0.2) is 0 Å². The molecule has 4 heteroatoms. The lowest BCUT2D eigenvalue weighted by Crippen LogP contribution is -2.45. The number of hydrogen-bond donors (Lipinski definition) is 0. The number of benzene rings is 3. The molecule has 0 spiro atoms. The van der Waals surface area contributed by atoms with E-state index in [-0.39, 0.29) is 0 Å². The zero-order chi connectivity index (χ0) is 21.8. The van der Waals surface area contributed by atoms with Crippen molar-refractivity contribution in [1.29, 1.82) is 0 Å². The summed E-state index contributed by atoms with van der Waals surface area (Å²) in [6.45, 7) is 6.29. The predicted octanol–water partition coefficient (Wildman–Crippen LogP) is 5.14. The van der Waals surface area contributed by atoms with Crippen molar-refractivity contribution in [2.45, 2.75) is 18.9 Å². The average Bonchev–Trinajstić information content (AvgIpc) is 2.85. The monoisotopic (exact) mass is 427 g/mol. The first kappa shape index (κ1) is 21.0. The van der Waals surface area contributed by atoms with E-state index in [1.807, 2.05) is 0 Å². The molecule has 0 N–H and O–H groups in total. The molecule has 166 valence electrons. The Morgan fingerprint density at radius 2 is 1.53 bits per heavy atom. The Balaban J connectivity index is 1.31. The molecule has 32 heavy (non-hydrogen) atoms. The number of anilines is 2. The van der Waals surface area contributed by atoms with Crippen LogP contribution in [-0.2, 0) is 6.42 Å². The third-order valence-corrected chi connectivity index (χ3v) is 6.82. The molecular formula is C28H33N3O. The van der Waals surface area contributed by atoms with Crippen LogP contribution in [0.2, 0.25) is 0 Å². The highest BCUT2D eigenvalue weighted by atomic mass is 16.5. The van der Waals surface area contributed by atoms with E-state index in [1.165, 1.54) is 22.5 Å². The van der Waals surface area contributed by atoms with Crippen molar-refractivity contribution in [3.8, 4) is 5.75 Å². The molecule has 1 atom stereocenters. The Hall–Kier alpha value is -2.82. The molecule has 4 nitrogen and oxygen atoms in total. The third-order valence-electron chi connectivity index (χ3n) is 6.82. The van der Waals surface area contributed by atoms with E-state index in [0.29, 0.717) is 6.04 Å². The van der Waals surface area contributed by atoms with E-state index in [4.69, 9.17) is 4.74 Å². The van der Waals surface area contributed by atoms with Crippen molar-refractivity contribution in [3.63, 3.8) is 0 Å². The van der Waals surface area contributed by atoms with E-state index in [9.17, 15) is 0 Å². The van der Waals surface area contributed by atoms with Gasteiger partial charge in [0.05, 0.1) is 6.04 Å². The van der Waals surface area contributed by atoms with Gasteiger partial charge in [-0.05, 0) is 61.3 Å². The Labute approximate surface area is 192 Å². The molecule has 0 amide bonds. The standard InChI is InChI=1S/C28H33N3O/c1-29-17-19-30(20-18-29)21-22-32-26-14-12-25(13-15-26)31-27-10-6-5-9-24(27)11-16-28(31)23-7-3-2-4-8-23/h2-10,12-15,28H,11,16-22H2,1H3. The lowest BCUT2D eigenvalue weighted by Gasteiger charge is -2.39. The number of ether oxygens (including phenoxy) is 1. The molecule has 0 saturated carbocycles. The van der Waals surface area contributed by atoms with Crippen LogP contribution in [0.4, 0.5) is 11.4 Å². The smallest absolute Gasteiger partial charge is 0.119 e. The molecular weight excluding hydrogens is 394 g/mol. The van der Waals surface area contributed by atoms with Crippen LogP contribution in [0.15, 0.2) is 78.9 Å². The summed E-state index contributed by atoms with van der Waals surface area (Å²) < 4.78 is 6.09. The minimum absolute atomic E-state index is 0.343. The van der Waals surface area contributed by atoms with Gasteiger partial charge in [0.1, 0.15) is 12.4 Å². The summed E-state index contributed by atoms with van der Waals surface area (Å²) in [5.74, 6) is 0.949. The average molecular weight is 428 g/mol. The number of likely N-dealkylation sites (N-methyl/N-ethyl adjacent to an activating group) is 1. The number of piperazine rings is 1. The highest BCUT2D eigenvalue weighted by molar-refractivity contribution is 5.70. The first-order valence-corrected chi connectivity index (χ1v) is 11.8. The van der Waals surface area contributed by atoms with Crippen LogP contribution in [0.1, 0.15) is 23.6 Å². The highest BCUT2D eigenvalue weighted by Crippen LogP contribution is 2.43. The summed E-state index contributed by atoms with van der Waals surface area (Å²) in [4.78, 5) is 7.38. The fourth-order valence-corrected chi connectivity index (χ4v) is 4.92. The molecule has 5 rings (SSSR count). The normalized spacial score (nSPS) is 19.5. The summed E-state index contributed by atoms with van der Waals surface area (Å²) >= 11 is 0. The first-order chi connectivity index (χ1) is 15.8. The van der Waals surface area contributed by atoms with Crippen LogP contribution in [-0.4, -0.2) is 56.2 Å². The molecule has 0 aliphatic carbocycles. The SMILES string of the molecule is CN1CCN(CCOc2ccc(N3c4ccccc4CCC3c3ccccc3)cc2)CC1. The molecule has 0 bridgehead atoms. The largest absolute Gasteiger partial charge is 0.492 e. The molecule has 1 unspecified atom stereocenters. The Morgan fingerprint density at radius 1 is 0.812 bits per heavy atom. The second kappa shape index (κ2) is 9.76. The predicted molar refractivity (Wildman–Crippen MR) is 132 cm³/mol. The minimum Gasteiger partial charge on any atom is -0.492 e. The number of rotatable bonds is 6. The molecule has 1 fully saturated rings. The van der Waals surface area contributed by atoms with Gasteiger partial charge in [0, 0.05) is 44.1 Å². The van der Waals surface area contributed by atoms with Gasteiger partial charge in [0.15, 0.2) is 0 Å². The van der Waals surface area contributed by atoms with Crippen molar-refractivity contribution >= 4 is 11.4 Å². The molecule has 0 aromatic heterocycles. The van der Waals surface area contributed by atoms with E-state index in [1.54, 1.807) is 0 Å². The summed E-state index contributed by atoms with van der Waals surface area (Å²) in [5, 5.41) is 0. The lowest BCUT2D eigenvalue weighted by atomic mass is 9.90. The zero-order valence-electron chi connectivity index (χ0n) is 19.0. The van der Waals surface area contributed by atoms with Gasteiger partial charge in [0.2, 0.25) is 0 Å². The van der Waals surface area contributed by atoms with E-state index < -0.39 is 0 Å². The van der Waals surface area contributed by atoms with Crippen molar-refractivity contribution < 1.29 is 4.74 Å². The zero-order valence-corrected chi connectivity index (χ0v) is 19.0. The third kappa shape index (κ3) is 4.67. The molecule has 2 aliphatic rings.